The molecular formula is C11H19ClO3. The zero-order valence-electron chi connectivity index (χ0n) is 9.44. The highest BCUT2D eigenvalue weighted by atomic mass is 35.5. The maximum Gasteiger partial charge on any atom is 0.124 e. The quantitative estimate of drug-likeness (QED) is 0.417. The Morgan fingerprint density at radius 2 is 2.20 bits per heavy atom. The Morgan fingerprint density at radius 3 is 2.67 bits per heavy atom. The van der Waals surface area contributed by atoms with Gasteiger partial charge in [-0.15, -0.1) is 11.6 Å². The standard InChI is InChI=1S/C11H19ClO3/c1-4-5-6-11(14-3)9(2)15-8-10(13)7-12/h4-6,9-10,13H,7-8H2,1-3H3/b5-4-,11-6+. The molecule has 0 saturated heterocycles. The monoisotopic (exact) mass is 234 g/mol. The van der Waals surface area contributed by atoms with Crippen LogP contribution in [-0.4, -0.2) is 36.9 Å². The summed E-state index contributed by atoms with van der Waals surface area (Å²) in [6.45, 7) is 3.99. The largest absolute Gasteiger partial charge is 0.498 e. The third kappa shape index (κ3) is 6.55. The summed E-state index contributed by atoms with van der Waals surface area (Å²) in [5, 5.41) is 9.21. The highest BCUT2D eigenvalue weighted by molar-refractivity contribution is 6.18. The maximum atomic E-state index is 9.21. The van der Waals surface area contributed by atoms with Gasteiger partial charge in [0.05, 0.1) is 25.7 Å². The van der Waals surface area contributed by atoms with Crippen molar-refractivity contribution in [3.63, 3.8) is 0 Å². The molecule has 0 aliphatic rings. The van der Waals surface area contributed by atoms with Gasteiger partial charge >= 0.3 is 0 Å². The molecule has 0 saturated carbocycles. The van der Waals surface area contributed by atoms with Crippen molar-refractivity contribution in [2.75, 3.05) is 19.6 Å². The van der Waals surface area contributed by atoms with E-state index < -0.39 is 6.10 Å². The lowest BCUT2D eigenvalue weighted by molar-refractivity contribution is 0.00136. The molecular weight excluding hydrogens is 216 g/mol. The van der Waals surface area contributed by atoms with Crippen LogP contribution in [0.3, 0.4) is 0 Å². The molecule has 88 valence electrons. The van der Waals surface area contributed by atoms with Crippen LogP contribution < -0.4 is 0 Å². The van der Waals surface area contributed by atoms with Gasteiger partial charge in [-0.3, -0.25) is 0 Å². The zero-order chi connectivity index (χ0) is 11.7. The van der Waals surface area contributed by atoms with Crippen LogP contribution in [-0.2, 0) is 9.47 Å². The molecule has 4 heteroatoms. The molecule has 0 aliphatic heterocycles. The fraction of sp³-hybridized carbons (Fsp3) is 0.636. The molecule has 0 aromatic heterocycles. The molecule has 0 fully saturated rings. The third-order valence-electron chi connectivity index (χ3n) is 1.81. The van der Waals surface area contributed by atoms with Gasteiger partial charge in [0.25, 0.3) is 0 Å². The highest BCUT2D eigenvalue weighted by Crippen LogP contribution is 2.08. The fourth-order valence-corrected chi connectivity index (χ4v) is 1.03. The van der Waals surface area contributed by atoms with Crippen LogP contribution in [0.2, 0.25) is 0 Å². The van der Waals surface area contributed by atoms with Crippen LogP contribution in [0.1, 0.15) is 13.8 Å². The molecule has 0 amide bonds. The number of methoxy groups -OCH3 is 1. The number of rotatable bonds is 7. The average Bonchev–Trinajstić information content (AvgIpc) is 2.26. The number of allylic oxidation sites excluding steroid dienone is 3. The van der Waals surface area contributed by atoms with Gasteiger partial charge in [0.15, 0.2) is 0 Å². The van der Waals surface area contributed by atoms with E-state index in [0.717, 1.165) is 5.76 Å². The first-order chi connectivity index (χ1) is 7.15. The van der Waals surface area contributed by atoms with Crippen LogP contribution in [0.5, 0.6) is 0 Å². The molecule has 2 unspecified atom stereocenters. The minimum atomic E-state index is -0.631. The summed E-state index contributed by atoms with van der Waals surface area (Å²) >= 11 is 5.45. The molecule has 2 atom stereocenters. The van der Waals surface area contributed by atoms with Crippen molar-refractivity contribution >= 4 is 11.6 Å². The number of hydrogen-bond acceptors (Lipinski definition) is 3. The molecule has 3 nitrogen and oxygen atoms in total. The molecule has 0 bridgehead atoms. The van der Waals surface area contributed by atoms with E-state index in [1.54, 1.807) is 7.11 Å². The first kappa shape index (κ1) is 14.5. The van der Waals surface area contributed by atoms with Gasteiger partial charge in [0.2, 0.25) is 0 Å². The lowest BCUT2D eigenvalue weighted by Crippen LogP contribution is -2.22. The van der Waals surface area contributed by atoms with Crippen molar-refractivity contribution in [3.05, 3.63) is 24.0 Å². The van der Waals surface area contributed by atoms with Crippen LogP contribution >= 0.6 is 11.6 Å². The van der Waals surface area contributed by atoms with Crippen LogP contribution in [0.4, 0.5) is 0 Å². The van der Waals surface area contributed by atoms with E-state index >= 15 is 0 Å². The van der Waals surface area contributed by atoms with Gasteiger partial charge < -0.3 is 14.6 Å². The van der Waals surface area contributed by atoms with E-state index in [0.29, 0.717) is 0 Å². The lowest BCUT2D eigenvalue weighted by Gasteiger charge is -2.17. The predicted octanol–water partition coefficient (Wildman–Crippen LogP) is 2.10. The number of alkyl halides is 1. The van der Waals surface area contributed by atoms with Crippen molar-refractivity contribution in [2.45, 2.75) is 26.1 Å². The SMILES string of the molecule is C/C=C\C=C(\OC)C(C)OCC(O)CCl. The van der Waals surface area contributed by atoms with Crippen LogP contribution in [0, 0.1) is 0 Å². The molecule has 1 N–H and O–H groups in total. The Labute approximate surface area is 96.3 Å². The Balaban J connectivity index is 4.10. The van der Waals surface area contributed by atoms with E-state index in [4.69, 9.17) is 21.1 Å². The van der Waals surface area contributed by atoms with E-state index in [9.17, 15) is 5.11 Å². The van der Waals surface area contributed by atoms with Crippen LogP contribution in [0.25, 0.3) is 0 Å². The Kier molecular flexibility index (Phi) is 8.47. The summed E-state index contributed by atoms with van der Waals surface area (Å²) in [7, 11) is 1.59. The number of halogens is 1. The molecule has 0 rings (SSSR count). The van der Waals surface area contributed by atoms with Crippen molar-refractivity contribution in [1.82, 2.24) is 0 Å². The van der Waals surface area contributed by atoms with E-state index in [1.165, 1.54) is 0 Å². The van der Waals surface area contributed by atoms with Crippen LogP contribution in [0.15, 0.2) is 24.0 Å². The van der Waals surface area contributed by atoms with Gasteiger partial charge in [0, 0.05) is 0 Å². The predicted molar refractivity (Wildman–Crippen MR) is 62.0 cm³/mol. The summed E-state index contributed by atoms with van der Waals surface area (Å²) in [6, 6.07) is 0. The third-order valence-corrected chi connectivity index (χ3v) is 2.16. The van der Waals surface area contributed by atoms with Gasteiger partial charge in [0.1, 0.15) is 11.9 Å². The number of aliphatic hydroxyl groups is 1. The minimum absolute atomic E-state index is 0.174. The second-order valence-corrected chi connectivity index (χ2v) is 3.39. The summed E-state index contributed by atoms with van der Waals surface area (Å²) in [5.41, 5.74) is 0. The molecule has 0 radical (unpaired) electrons. The summed E-state index contributed by atoms with van der Waals surface area (Å²) < 4.78 is 10.5. The zero-order valence-corrected chi connectivity index (χ0v) is 10.2. The molecule has 0 heterocycles. The van der Waals surface area contributed by atoms with Crippen molar-refractivity contribution < 1.29 is 14.6 Å². The minimum Gasteiger partial charge on any atom is -0.498 e. The maximum absolute atomic E-state index is 9.21. The lowest BCUT2D eigenvalue weighted by atomic mass is 10.3. The summed E-state index contributed by atoms with van der Waals surface area (Å²) in [4.78, 5) is 0. The summed E-state index contributed by atoms with van der Waals surface area (Å²) in [5.74, 6) is 0.892. The van der Waals surface area contributed by atoms with Crippen molar-refractivity contribution in [2.24, 2.45) is 0 Å². The number of ether oxygens (including phenoxy) is 2. The molecule has 0 aromatic rings. The first-order valence-electron chi connectivity index (χ1n) is 4.88. The highest BCUT2D eigenvalue weighted by Gasteiger charge is 2.11. The Morgan fingerprint density at radius 1 is 1.53 bits per heavy atom. The molecule has 0 spiro atoms. The number of hydrogen-bond donors (Lipinski definition) is 1. The topological polar surface area (TPSA) is 38.7 Å². The van der Waals surface area contributed by atoms with Gasteiger partial charge in [-0.1, -0.05) is 12.2 Å². The fourth-order valence-electron chi connectivity index (χ4n) is 0.943. The van der Waals surface area contributed by atoms with Gasteiger partial charge in [-0.25, -0.2) is 0 Å². The van der Waals surface area contributed by atoms with Crippen molar-refractivity contribution in [3.8, 4) is 0 Å². The first-order valence-corrected chi connectivity index (χ1v) is 5.41. The van der Waals surface area contributed by atoms with E-state index in [-0.39, 0.29) is 18.6 Å². The number of aliphatic hydroxyl groups excluding tert-OH is 1. The summed E-state index contributed by atoms with van der Waals surface area (Å²) in [6.07, 6.45) is 4.78. The van der Waals surface area contributed by atoms with Gasteiger partial charge in [-0.05, 0) is 19.9 Å². The average molecular weight is 235 g/mol. The smallest absolute Gasteiger partial charge is 0.124 e. The van der Waals surface area contributed by atoms with Gasteiger partial charge in [-0.2, -0.15) is 0 Å². The molecule has 0 aliphatic carbocycles. The Hall–Kier alpha value is -0.510. The Bertz CT molecular complexity index is 214. The molecule has 15 heavy (non-hydrogen) atoms. The van der Waals surface area contributed by atoms with E-state index in [2.05, 4.69) is 0 Å². The molecule has 0 aromatic carbocycles. The normalized spacial score (nSPS) is 16.7. The van der Waals surface area contributed by atoms with Crippen molar-refractivity contribution in [1.29, 1.82) is 0 Å². The van der Waals surface area contributed by atoms with E-state index in [1.807, 2.05) is 32.1 Å². The second kappa shape index (κ2) is 8.77. The second-order valence-electron chi connectivity index (χ2n) is 3.08.